The van der Waals surface area contributed by atoms with Crippen molar-refractivity contribution in [3.8, 4) is 0 Å². The van der Waals surface area contributed by atoms with E-state index in [9.17, 15) is 9.59 Å². The van der Waals surface area contributed by atoms with Crippen LogP contribution in [0.1, 0.15) is 28.8 Å². The molecule has 1 aromatic carbocycles. The van der Waals surface area contributed by atoms with Gasteiger partial charge in [-0.3, -0.25) is 4.79 Å². The molecule has 2 N–H and O–H groups in total. The van der Waals surface area contributed by atoms with E-state index >= 15 is 0 Å². The molecule has 1 fully saturated rings. The van der Waals surface area contributed by atoms with E-state index in [4.69, 9.17) is 9.84 Å². The van der Waals surface area contributed by atoms with Crippen LogP contribution in [-0.4, -0.2) is 35.2 Å². The number of benzene rings is 1. The predicted octanol–water partition coefficient (Wildman–Crippen LogP) is 3.07. The molecule has 25 heavy (non-hydrogen) atoms. The van der Waals surface area contributed by atoms with E-state index in [0.717, 1.165) is 18.4 Å². The summed E-state index contributed by atoms with van der Waals surface area (Å²) < 4.78 is 5.42. The molecule has 1 atom stereocenters. The average Bonchev–Trinajstić information content (AvgIpc) is 3.13. The summed E-state index contributed by atoms with van der Waals surface area (Å²) in [5.74, 6) is -1.06. The fraction of sp³-hybridized carbons (Fsp3) is 0.389. The molecule has 0 bridgehead atoms. The SMILES string of the molecule is O=C(O)c1cccc(CC(C(=O)Nc2nccs2)C2CCOCC2)c1. The summed E-state index contributed by atoms with van der Waals surface area (Å²) in [6.45, 7) is 1.31. The lowest BCUT2D eigenvalue weighted by atomic mass is 9.81. The van der Waals surface area contributed by atoms with Crippen LogP contribution < -0.4 is 5.32 Å². The van der Waals surface area contributed by atoms with Gasteiger partial charge in [-0.2, -0.15) is 0 Å². The van der Waals surface area contributed by atoms with Crippen molar-refractivity contribution in [2.45, 2.75) is 19.3 Å². The molecule has 1 aromatic heterocycles. The van der Waals surface area contributed by atoms with Crippen LogP contribution in [0.3, 0.4) is 0 Å². The summed E-state index contributed by atoms with van der Waals surface area (Å²) in [6.07, 6.45) is 3.81. The van der Waals surface area contributed by atoms with Crippen LogP contribution in [0.5, 0.6) is 0 Å². The molecular formula is C18H20N2O4S. The van der Waals surface area contributed by atoms with Gasteiger partial charge in [0.05, 0.1) is 5.56 Å². The van der Waals surface area contributed by atoms with Crippen LogP contribution in [0.25, 0.3) is 0 Å². The molecule has 1 unspecified atom stereocenters. The number of aromatic nitrogens is 1. The topological polar surface area (TPSA) is 88.5 Å². The number of hydrogen-bond donors (Lipinski definition) is 2. The Morgan fingerprint density at radius 1 is 1.36 bits per heavy atom. The molecular weight excluding hydrogens is 340 g/mol. The number of carboxylic acid groups (broad SMARTS) is 1. The summed E-state index contributed by atoms with van der Waals surface area (Å²) in [5, 5.41) is 14.5. The second-order valence-corrected chi connectivity index (χ2v) is 6.99. The Morgan fingerprint density at radius 2 is 2.16 bits per heavy atom. The van der Waals surface area contributed by atoms with Gasteiger partial charge in [0.2, 0.25) is 5.91 Å². The van der Waals surface area contributed by atoms with Crippen molar-refractivity contribution in [1.82, 2.24) is 4.98 Å². The first kappa shape index (κ1) is 17.6. The number of amides is 1. The van der Waals surface area contributed by atoms with E-state index in [-0.39, 0.29) is 23.3 Å². The molecule has 6 nitrogen and oxygen atoms in total. The molecule has 1 aliphatic heterocycles. The molecule has 2 aromatic rings. The summed E-state index contributed by atoms with van der Waals surface area (Å²) in [4.78, 5) is 28.1. The van der Waals surface area contributed by atoms with Gasteiger partial charge in [-0.05, 0) is 42.9 Å². The maximum atomic E-state index is 12.8. The van der Waals surface area contributed by atoms with Crippen LogP contribution in [0, 0.1) is 11.8 Å². The summed E-state index contributed by atoms with van der Waals surface area (Å²) in [6, 6.07) is 6.80. The highest BCUT2D eigenvalue weighted by Crippen LogP contribution is 2.29. The highest BCUT2D eigenvalue weighted by Gasteiger charge is 2.30. The van der Waals surface area contributed by atoms with E-state index in [0.29, 0.717) is 24.8 Å². The quantitative estimate of drug-likeness (QED) is 0.826. The highest BCUT2D eigenvalue weighted by atomic mass is 32.1. The zero-order valence-corrected chi connectivity index (χ0v) is 14.5. The molecule has 2 heterocycles. The van der Waals surface area contributed by atoms with Crippen LogP contribution in [0.15, 0.2) is 35.8 Å². The Labute approximate surface area is 149 Å². The van der Waals surface area contributed by atoms with Gasteiger partial charge in [-0.15, -0.1) is 11.3 Å². The lowest BCUT2D eigenvalue weighted by Gasteiger charge is -2.29. The van der Waals surface area contributed by atoms with Gasteiger partial charge in [0.1, 0.15) is 0 Å². The number of ether oxygens (including phenoxy) is 1. The van der Waals surface area contributed by atoms with Crippen molar-refractivity contribution in [3.05, 3.63) is 47.0 Å². The smallest absolute Gasteiger partial charge is 0.335 e. The number of hydrogen-bond acceptors (Lipinski definition) is 5. The van der Waals surface area contributed by atoms with Crippen molar-refractivity contribution in [2.75, 3.05) is 18.5 Å². The summed E-state index contributed by atoms with van der Waals surface area (Å²) in [5.41, 5.74) is 1.09. The van der Waals surface area contributed by atoms with Crippen molar-refractivity contribution >= 4 is 28.3 Å². The molecule has 1 aliphatic rings. The van der Waals surface area contributed by atoms with Gasteiger partial charge in [0.25, 0.3) is 0 Å². The number of rotatable bonds is 6. The first-order valence-corrected chi connectivity index (χ1v) is 9.12. The molecule has 0 spiro atoms. The van der Waals surface area contributed by atoms with Crippen LogP contribution in [-0.2, 0) is 16.0 Å². The van der Waals surface area contributed by atoms with Gasteiger partial charge in [0, 0.05) is 30.7 Å². The number of anilines is 1. The number of carbonyl (C=O) groups is 2. The first-order chi connectivity index (χ1) is 12.1. The zero-order valence-electron chi connectivity index (χ0n) is 13.7. The molecule has 1 amide bonds. The van der Waals surface area contributed by atoms with Gasteiger partial charge >= 0.3 is 5.97 Å². The third kappa shape index (κ3) is 4.64. The molecule has 0 radical (unpaired) electrons. The first-order valence-electron chi connectivity index (χ1n) is 8.24. The van der Waals surface area contributed by atoms with E-state index < -0.39 is 5.97 Å². The standard InChI is InChI=1S/C18H20N2O4S/c21-16(20-18-19-6-9-25-18)15(13-4-7-24-8-5-13)11-12-2-1-3-14(10-12)17(22)23/h1-3,6,9-10,13,15H,4-5,7-8,11H2,(H,22,23)(H,19,20,21). The van der Waals surface area contributed by atoms with Gasteiger partial charge in [0.15, 0.2) is 5.13 Å². The zero-order chi connectivity index (χ0) is 17.6. The van der Waals surface area contributed by atoms with Gasteiger partial charge in [-0.25, -0.2) is 9.78 Å². The fourth-order valence-electron chi connectivity index (χ4n) is 3.16. The Balaban J connectivity index is 1.79. The van der Waals surface area contributed by atoms with E-state index in [1.165, 1.54) is 11.3 Å². The maximum Gasteiger partial charge on any atom is 0.335 e. The normalized spacial score (nSPS) is 16.3. The maximum absolute atomic E-state index is 12.8. The summed E-state index contributed by atoms with van der Waals surface area (Å²) in [7, 11) is 0. The molecule has 0 aliphatic carbocycles. The second-order valence-electron chi connectivity index (χ2n) is 6.09. The third-order valence-electron chi connectivity index (χ3n) is 4.46. The largest absolute Gasteiger partial charge is 0.478 e. The monoisotopic (exact) mass is 360 g/mol. The number of thiazole rings is 1. The number of nitrogens with zero attached hydrogens (tertiary/aromatic N) is 1. The van der Waals surface area contributed by atoms with Crippen molar-refractivity contribution in [2.24, 2.45) is 11.8 Å². The van der Waals surface area contributed by atoms with Crippen molar-refractivity contribution in [1.29, 1.82) is 0 Å². The van der Waals surface area contributed by atoms with Crippen LogP contribution >= 0.6 is 11.3 Å². The van der Waals surface area contributed by atoms with Crippen LogP contribution in [0.2, 0.25) is 0 Å². The molecule has 1 saturated heterocycles. The Kier molecular flexibility index (Phi) is 5.78. The highest BCUT2D eigenvalue weighted by molar-refractivity contribution is 7.13. The van der Waals surface area contributed by atoms with E-state index in [1.807, 2.05) is 11.4 Å². The average molecular weight is 360 g/mol. The third-order valence-corrected chi connectivity index (χ3v) is 5.15. The molecule has 3 rings (SSSR count). The fourth-order valence-corrected chi connectivity index (χ4v) is 3.69. The Morgan fingerprint density at radius 3 is 2.84 bits per heavy atom. The van der Waals surface area contributed by atoms with Crippen LogP contribution in [0.4, 0.5) is 5.13 Å². The molecule has 132 valence electrons. The lowest BCUT2D eigenvalue weighted by Crippen LogP contribution is -2.34. The number of carbonyl (C=O) groups excluding carboxylic acids is 1. The molecule has 7 heteroatoms. The second kappa shape index (κ2) is 8.22. The van der Waals surface area contributed by atoms with Gasteiger partial charge in [-0.1, -0.05) is 12.1 Å². The Hall–Kier alpha value is -2.25. The lowest BCUT2D eigenvalue weighted by molar-refractivity contribution is -0.122. The van der Waals surface area contributed by atoms with Crippen molar-refractivity contribution < 1.29 is 19.4 Å². The van der Waals surface area contributed by atoms with E-state index in [1.54, 1.807) is 24.4 Å². The number of aromatic carboxylic acids is 1. The van der Waals surface area contributed by atoms with E-state index in [2.05, 4.69) is 10.3 Å². The Bertz CT molecular complexity index is 726. The minimum atomic E-state index is -0.961. The minimum absolute atomic E-state index is 0.0671. The summed E-state index contributed by atoms with van der Waals surface area (Å²) >= 11 is 1.38. The van der Waals surface area contributed by atoms with Crippen molar-refractivity contribution in [3.63, 3.8) is 0 Å². The minimum Gasteiger partial charge on any atom is -0.478 e. The number of nitrogens with one attached hydrogen (secondary N) is 1. The predicted molar refractivity (Wildman–Crippen MR) is 94.9 cm³/mol. The van der Waals surface area contributed by atoms with Gasteiger partial charge < -0.3 is 15.2 Å². The number of carboxylic acids is 1. The molecule has 0 saturated carbocycles.